The molecule has 33 heavy (non-hydrogen) atoms. The van der Waals surface area contributed by atoms with Crippen molar-refractivity contribution in [2.75, 3.05) is 27.3 Å². The van der Waals surface area contributed by atoms with Gasteiger partial charge in [0.2, 0.25) is 5.89 Å². The van der Waals surface area contributed by atoms with Crippen LogP contribution in [-0.2, 0) is 12.0 Å². The summed E-state index contributed by atoms with van der Waals surface area (Å²) < 4.78 is 16.9. The minimum atomic E-state index is -0.114. The largest absolute Gasteiger partial charge is 0.493 e. The van der Waals surface area contributed by atoms with Crippen molar-refractivity contribution in [1.29, 1.82) is 0 Å². The third kappa shape index (κ3) is 4.12. The van der Waals surface area contributed by atoms with Gasteiger partial charge in [-0.2, -0.15) is 4.98 Å². The van der Waals surface area contributed by atoms with E-state index in [1.807, 2.05) is 12.1 Å². The van der Waals surface area contributed by atoms with Crippen LogP contribution < -0.4 is 9.47 Å². The Morgan fingerprint density at radius 1 is 1.06 bits per heavy atom. The molecule has 1 aromatic heterocycles. The molecule has 1 unspecified atom stereocenters. The fourth-order valence-electron chi connectivity index (χ4n) is 5.66. The Bertz CT molecular complexity index is 1090. The van der Waals surface area contributed by atoms with Gasteiger partial charge in [-0.15, -0.1) is 0 Å². The summed E-state index contributed by atoms with van der Waals surface area (Å²) in [5, 5.41) is 4.49. The molecule has 6 nitrogen and oxygen atoms in total. The average Bonchev–Trinajstić information content (AvgIpc) is 3.61. The van der Waals surface area contributed by atoms with Crippen LogP contribution in [0.3, 0.4) is 0 Å². The van der Waals surface area contributed by atoms with E-state index in [1.165, 1.54) is 29.5 Å². The molecule has 2 heterocycles. The SMILES string of the molecule is COc1cccc(C2CCN(Cc3nc(C4(c5ccc(C)cc5)CCCC4)no3)C2)c1OC. The van der Waals surface area contributed by atoms with Gasteiger partial charge in [0, 0.05) is 18.0 Å². The van der Waals surface area contributed by atoms with E-state index in [4.69, 9.17) is 19.0 Å². The van der Waals surface area contributed by atoms with E-state index in [9.17, 15) is 0 Å². The minimum Gasteiger partial charge on any atom is -0.493 e. The van der Waals surface area contributed by atoms with E-state index < -0.39 is 0 Å². The summed E-state index contributed by atoms with van der Waals surface area (Å²) in [4.78, 5) is 7.32. The molecule has 2 aromatic carbocycles. The van der Waals surface area contributed by atoms with Gasteiger partial charge in [0.25, 0.3) is 0 Å². The highest BCUT2D eigenvalue weighted by Crippen LogP contribution is 2.45. The van der Waals surface area contributed by atoms with E-state index in [-0.39, 0.29) is 5.41 Å². The molecule has 1 aliphatic heterocycles. The van der Waals surface area contributed by atoms with E-state index in [0.29, 0.717) is 18.4 Å². The van der Waals surface area contributed by atoms with Crippen LogP contribution in [0.1, 0.15) is 66.4 Å². The molecule has 1 atom stereocenters. The second-order valence-corrected chi connectivity index (χ2v) is 9.47. The van der Waals surface area contributed by atoms with Gasteiger partial charge in [-0.05, 0) is 44.4 Å². The van der Waals surface area contributed by atoms with Crippen molar-refractivity contribution >= 4 is 0 Å². The van der Waals surface area contributed by atoms with Crippen molar-refractivity contribution in [3.8, 4) is 11.5 Å². The third-order valence-electron chi connectivity index (χ3n) is 7.46. The monoisotopic (exact) mass is 447 g/mol. The maximum Gasteiger partial charge on any atom is 0.240 e. The number of hydrogen-bond acceptors (Lipinski definition) is 6. The molecule has 0 radical (unpaired) electrons. The standard InChI is InChI=1S/C27H33N3O3/c1-19-9-11-21(12-10-19)27(14-4-5-15-27)26-28-24(33-29-26)18-30-16-13-20(17-30)22-7-6-8-23(31-2)25(22)32-3/h6-12,20H,4-5,13-18H2,1-3H3. The lowest BCUT2D eigenvalue weighted by Crippen LogP contribution is -2.26. The zero-order valence-electron chi connectivity index (χ0n) is 19.8. The summed E-state index contributed by atoms with van der Waals surface area (Å²) in [6.07, 6.45) is 5.63. The lowest BCUT2D eigenvalue weighted by atomic mass is 9.78. The van der Waals surface area contributed by atoms with Gasteiger partial charge in [0.05, 0.1) is 26.2 Å². The topological polar surface area (TPSA) is 60.6 Å². The lowest BCUT2D eigenvalue weighted by Gasteiger charge is -2.26. The van der Waals surface area contributed by atoms with Gasteiger partial charge in [0.1, 0.15) is 0 Å². The van der Waals surface area contributed by atoms with Crippen molar-refractivity contribution in [1.82, 2.24) is 15.0 Å². The summed E-state index contributed by atoms with van der Waals surface area (Å²) in [5.41, 5.74) is 3.67. The predicted octanol–water partition coefficient (Wildman–Crippen LogP) is 5.24. The van der Waals surface area contributed by atoms with E-state index in [2.05, 4.69) is 47.3 Å². The maximum atomic E-state index is 5.78. The van der Waals surface area contributed by atoms with Crippen LogP contribution >= 0.6 is 0 Å². The highest BCUT2D eigenvalue weighted by atomic mass is 16.5. The molecule has 5 rings (SSSR count). The Morgan fingerprint density at radius 3 is 2.58 bits per heavy atom. The van der Waals surface area contributed by atoms with Crippen LogP contribution in [0.25, 0.3) is 0 Å². The third-order valence-corrected chi connectivity index (χ3v) is 7.46. The Kier molecular flexibility index (Phi) is 6.11. The molecule has 2 aliphatic rings. The maximum absolute atomic E-state index is 5.78. The Labute approximate surface area is 195 Å². The molecule has 0 spiro atoms. The number of aromatic nitrogens is 2. The van der Waals surface area contributed by atoms with Gasteiger partial charge in [0.15, 0.2) is 17.3 Å². The number of nitrogens with zero attached hydrogens (tertiary/aromatic N) is 3. The molecule has 1 aliphatic carbocycles. The number of ether oxygens (including phenoxy) is 2. The summed E-state index contributed by atoms with van der Waals surface area (Å²) in [5.74, 6) is 3.58. The van der Waals surface area contributed by atoms with Crippen LogP contribution in [-0.4, -0.2) is 42.3 Å². The first-order chi connectivity index (χ1) is 16.1. The van der Waals surface area contributed by atoms with Gasteiger partial charge in [-0.1, -0.05) is 60.0 Å². The summed E-state index contributed by atoms with van der Waals surface area (Å²) in [6, 6.07) is 15.0. The second-order valence-electron chi connectivity index (χ2n) is 9.47. The molecule has 6 heteroatoms. The zero-order chi connectivity index (χ0) is 22.8. The molecular weight excluding hydrogens is 414 g/mol. The molecule has 3 aromatic rings. The minimum absolute atomic E-state index is 0.114. The first kappa shape index (κ1) is 22.0. The number of rotatable bonds is 7. The van der Waals surface area contributed by atoms with Crippen LogP contribution in [0.2, 0.25) is 0 Å². The highest BCUT2D eigenvalue weighted by molar-refractivity contribution is 5.48. The van der Waals surface area contributed by atoms with Gasteiger partial charge >= 0.3 is 0 Å². The van der Waals surface area contributed by atoms with Crippen molar-refractivity contribution < 1.29 is 14.0 Å². The number of benzene rings is 2. The number of para-hydroxylation sites is 1. The Hall–Kier alpha value is -2.86. The molecule has 0 bridgehead atoms. The first-order valence-electron chi connectivity index (χ1n) is 12.0. The molecule has 2 fully saturated rings. The van der Waals surface area contributed by atoms with Gasteiger partial charge in [-0.25, -0.2) is 0 Å². The van der Waals surface area contributed by atoms with Crippen LogP contribution in [0.5, 0.6) is 11.5 Å². The van der Waals surface area contributed by atoms with Crippen LogP contribution in [0.4, 0.5) is 0 Å². The average molecular weight is 448 g/mol. The number of likely N-dealkylation sites (tertiary alicyclic amines) is 1. The first-order valence-corrected chi connectivity index (χ1v) is 12.0. The van der Waals surface area contributed by atoms with Crippen molar-refractivity contribution in [3.05, 3.63) is 70.9 Å². The quantitative estimate of drug-likeness (QED) is 0.493. The van der Waals surface area contributed by atoms with Crippen molar-refractivity contribution in [2.24, 2.45) is 0 Å². The fraction of sp³-hybridized carbons (Fsp3) is 0.481. The van der Waals surface area contributed by atoms with Crippen LogP contribution in [0.15, 0.2) is 47.0 Å². The predicted molar refractivity (Wildman–Crippen MR) is 127 cm³/mol. The van der Waals surface area contributed by atoms with E-state index in [0.717, 1.165) is 49.7 Å². The summed E-state index contributed by atoms with van der Waals surface area (Å²) in [7, 11) is 3.39. The number of hydrogen-bond donors (Lipinski definition) is 0. The Balaban J connectivity index is 1.31. The van der Waals surface area contributed by atoms with Gasteiger partial charge in [-0.3, -0.25) is 4.90 Å². The van der Waals surface area contributed by atoms with Crippen molar-refractivity contribution in [2.45, 2.75) is 56.9 Å². The highest BCUT2D eigenvalue weighted by Gasteiger charge is 2.41. The number of methoxy groups -OCH3 is 2. The zero-order valence-corrected chi connectivity index (χ0v) is 19.8. The molecule has 174 valence electrons. The number of aryl methyl sites for hydroxylation is 1. The lowest BCUT2D eigenvalue weighted by molar-refractivity contribution is 0.263. The summed E-state index contributed by atoms with van der Waals surface area (Å²) in [6.45, 7) is 4.73. The second kappa shape index (κ2) is 9.18. The summed E-state index contributed by atoms with van der Waals surface area (Å²) >= 11 is 0. The Morgan fingerprint density at radius 2 is 1.85 bits per heavy atom. The smallest absolute Gasteiger partial charge is 0.240 e. The molecule has 1 saturated carbocycles. The molecule has 1 saturated heterocycles. The molecule has 0 amide bonds. The van der Waals surface area contributed by atoms with Gasteiger partial charge < -0.3 is 14.0 Å². The van der Waals surface area contributed by atoms with E-state index in [1.54, 1.807) is 14.2 Å². The molecule has 0 N–H and O–H groups in total. The normalized spacial score (nSPS) is 20.3. The van der Waals surface area contributed by atoms with Crippen LogP contribution in [0, 0.1) is 6.92 Å². The van der Waals surface area contributed by atoms with E-state index >= 15 is 0 Å². The fourth-order valence-corrected chi connectivity index (χ4v) is 5.66. The molecular formula is C27H33N3O3. The van der Waals surface area contributed by atoms with Crippen molar-refractivity contribution in [3.63, 3.8) is 0 Å².